The molecule has 1 saturated heterocycles. The zero-order valence-electron chi connectivity index (χ0n) is 16.6. The molecule has 0 aliphatic carbocycles. The predicted octanol–water partition coefficient (Wildman–Crippen LogP) is 3.40. The Morgan fingerprint density at radius 2 is 1.72 bits per heavy atom. The third-order valence-electron chi connectivity index (χ3n) is 5.06. The highest BCUT2D eigenvalue weighted by Crippen LogP contribution is 2.31. The summed E-state index contributed by atoms with van der Waals surface area (Å²) in [5, 5.41) is 3.75. The van der Waals surface area contributed by atoms with Crippen molar-refractivity contribution in [2.24, 2.45) is 0 Å². The first kappa shape index (κ1) is 22.4. The van der Waals surface area contributed by atoms with Crippen molar-refractivity contribution < 1.29 is 30.5 Å². The molecule has 0 N–H and O–H groups in total. The van der Waals surface area contributed by atoms with Crippen molar-refractivity contribution in [3.63, 3.8) is 0 Å². The first-order valence-corrected chi connectivity index (χ1v) is 11.1. The van der Waals surface area contributed by atoms with Gasteiger partial charge in [-0.2, -0.15) is 22.5 Å². The third-order valence-corrected chi connectivity index (χ3v) is 6.99. The SMILES string of the molecule is O=S(=O)(c1ccccc1F)N1CCN(Cc2nc(-c3cccc(C(F)(F)F)c3)no2)CC1. The molecule has 1 aliphatic heterocycles. The summed E-state index contributed by atoms with van der Waals surface area (Å²) in [6, 6.07) is 9.83. The van der Waals surface area contributed by atoms with Crippen LogP contribution in [0, 0.1) is 5.82 Å². The van der Waals surface area contributed by atoms with Crippen molar-refractivity contribution in [3.05, 3.63) is 65.8 Å². The molecule has 4 rings (SSSR count). The molecule has 12 heteroatoms. The summed E-state index contributed by atoms with van der Waals surface area (Å²) in [5.74, 6) is -0.572. The Labute approximate surface area is 181 Å². The normalized spacial score (nSPS) is 16.4. The molecule has 1 aliphatic rings. The minimum atomic E-state index is -4.48. The summed E-state index contributed by atoms with van der Waals surface area (Å²) in [7, 11) is -3.95. The van der Waals surface area contributed by atoms with Crippen LogP contribution in [0.1, 0.15) is 11.5 Å². The Bertz CT molecular complexity index is 1210. The third kappa shape index (κ3) is 4.66. The maximum atomic E-state index is 13.9. The minimum Gasteiger partial charge on any atom is -0.338 e. The zero-order valence-corrected chi connectivity index (χ0v) is 17.4. The van der Waals surface area contributed by atoms with Crippen molar-refractivity contribution in [1.82, 2.24) is 19.3 Å². The Balaban J connectivity index is 1.40. The highest BCUT2D eigenvalue weighted by molar-refractivity contribution is 7.89. The molecule has 0 radical (unpaired) electrons. The minimum absolute atomic E-state index is 0.0341. The van der Waals surface area contributed by atoms with Gasteiger partial charge in [-0.05, 0) is 24.3 Å². The van der Waals surface area contributed by atoms with Gasteiger partial charge in [-0.3, -0.25) is 4.90 Å². The number of benzene rings is 2. The van der Waals surface area contributed by atoms with Gasteiger partial charge in [-0.15, -0.1) is 0 Å². The fraction of sp³-hybridized carbons (Fsp3) is 0.300. The fourth-order valence-electron chi connectivity index (χ4n) is 3.38. The van der Waals surface area contributed by atoms with Gasteiger partial charge in [0.1, 0.15) is 10.7 Å². The predicted molar refractivity (Wildman–Crippen MR) is 105 cm³/mol. The van der Waals surface area contributed by atoms with E-state index >= 15 is 0 Å². The van der Waals surface area contributed by atoms with E-state index in [9.17, 15) is 26.0 Å². The maximum Gasteiger partial charge on any atom is 0.416 e. The number of hydrogen-bond donors (Lipinski definition) is 0. The lowest BCUT2D eigenvalue weighted by molar-refractivity contribution is -0.137. The van der Waals surface area contributed by atoms with Crippen LogP contribution in [0.5, 0.6) is 0 Å². The van der Waals surface area contributed by atoms with Gasteiger partial charge in [-0.1, -0.05) is 29.4 Å². The molecule has 0 atom stereocenters. The molecule has 32 heavy (non-hydrogen) atoms. The molecule has 0 amide bonds. The number of nitrogens with zero attached hydrogens (tertiary/aromatic N) is 4. The summed E-state index contributed by atoms with van der Waals surface area (Å²) in [6.45, 7) is 1.18. The Morgan fingerprint density at radius 1 is 1.00 bits per heavy atom. The largest absolute Gasteiger partial charge is 0.416 e. The molecular formula is C20H18F4N4O3S. The van der Waals surface area contributed by atoms with Crippen molar-refractivity contribution in [1.29, 1.82) is 0 Å². The number of halogens is 4. The average molecular weight is 470 g/mol. The summed E-state index contributed by atoms with van der Waals surface area (Å²) < 4.78 is 84.4. The van der Waals surface area contributed by atoms with Crippen LogP contribution >= 0.6 is 0 Å². The molecule has 1 aromatic heterocycles. The van der Waals surface area contributed by atoms with Gasteiger partial charge in [0.2, 0.25) is 21.7 Å². The van der Waals surface area contributed by atoms with Crippen LogP contribution in [0.2, 0.25) is 0 Å². The molecule has 170 valence electrons. The van der Waals surface area contributed by atoms with Crippen molar-refractivity contribution in [2.75, 3.05) is 26.2 Å². The van der Waals surface area contributed by atoms with E-state index in [1.807, 2.05) is 4.90 Å². The lowest BCUT2D eigenvalue weighted by Crippen LogP contribution is -2.48. The van der Waals surface area contributed by atoms with Crippen LogP contribution < -0.4 is 0 Å². The van der Waals surface area contributed by atoms with Gasteiger partial charge in [0.15, 0.2) is 0 Å². The second-order valence-electron chi connectivity index (χ2n) is 7.20. The van der Waals surface area contributed by atoms with Gasteiger partial charge in [0, 0.05) is 31.7 Å². The Hall–Kier alpha value is -2.83. The molecule has 7 nitrogen and oxygen atoms in total. The van der Waals surface area contributed by atoms with E-state index in [2.05, 4.69) is 10.1 Å². The van der Waals surface area contributed by atoms with Gasteiger partial charge >= 0.3 is 6.18 Å². The van der Waals surface area contributed by atoms with E-state index in [1.54, 1.807) is 0 Å². The highest BCUT2D eigenvalue weighted by atomic mass is 32.2. The van der Waals surface area contributed by atoms with Crippen LogP contribution in [0.4, 0.5) is 17.6 Å². The Kier molecular flexibility index (Phi) is 6.01. The molecular weight excluding hydrogens is 452 g/mol. The summed E-state index contributed by atoms with van der Waals surface area (Å²) in [5.41, 5.74) is -0.635. The summed E-state index contributed by atoms with van der Waals surface area (Å²) in [4.78, 5) is 5.66. The first-order chi connectivity index (χ1) is 15.1. The standard InChI is InChI=1S/C20H18F4N4O3S/c21-16-6-1-2-7-17(16)32(29,30)28-10-8-27(9-11-28)13-18-25-19(26-31-18)14-4-3-5-15(12-14)20(22,23)24/h1-7,12H,8-11,13H2. The van der Waals surface area contributed by atoms with E-state index in [0.29, 0.717) is 13.1 Å². The van der Waals surface area contributed by atoms with Gasteiger partial charge in [0.25, 0.3) is 0 Å². The van der Waals surface area contributed by atoms with E-state index in [-0.39, 0.29) is 41.8 Å². The number of rotatable bonds is 5. The monoisotopic (exact) mass is 470 g/mol. The van der Waals surface area contributed by atoms with E-state index in [0.717, 1.165) is 18.2 Å². The van der Waals surface area contributed by atoms with E-state index < -0.39 is 27.6 Å². The molecule has 0 spiro atoms. The molecule has 0 unspecified atom stereocenters. The number of hydrogen-bond acceptors (Lipinski definition) is 6. The smallest absolute Gasteiger partial charge is 0.338 e. The van der Waals surface area contributed by atoms with Gasteiger partial charge in [-0.25, -0.2) is 12.8 Å². The van der Waals surface area contributed by atoms with Crippen LogP contribution in [-0.4, -0.2) is 53.9 Å². The van der Waals surface area contributed by atoms with Crippen molar-refractivity contribution in [3.8, 4) is 11.4 Å². The molecule has 3 aromatic rings. The Morgan fingerprint density at radius 3 is 2.41 bits per heavy atom. The second-order valence-corrected chi connectivity index (χ2v) is 9.11. The number of sulfonamides is 1. The van der Waals surface area contributed by atoms with Crippen LogP contribution in [-0.2, 0) is 22.7 Å². The van der Waals surface area contributed by atoms with Crippen LogP contribution in [0.15, 0.2) is 57.9 Å². The zero-order chi connectivity index (χ0) is 22.9. The molecule has 0 saturated carbocycles. The first-order valence-electron chi connectivity index (χ1n) is 9.62. The summed E-state index contributed by atoms with van der Waals surface area (Å²) in [6.07, 6.45) is -4.48. The molecule has 1 fully saturated rings. The second kappa shape index (κ2) is 8.60. The van der Waals surface area contributed by atoms with Crippen LogP contribution in [0.3, 0.4) is 0 Å². The van der Waals surface area contributed by atoms with Crippen molar-refractivity contribution in [2.45, 2.75) is 17.6 Å². The lowest BCUT2D eigenvalue weighted by atomic mass is 10.1. The van der Waals surface area contributed by atoms with Gasteiger partial charge in [0.05, 0.1) is 12.1 Å². The quantitative estimate of drug-likeness (QED) is 0.532. The average Bonchev–Trinajstić information content (AvgIpc) is 3.22. The number of piperazine rings is 1. The van der Waals surface area contributed by atoms with Crippen molar-refractivity contribution >= 4 is 10.0 Å². The molecule has 2 heterocycles. The maximum absolute atomic E-state index is 13.9. The molecule has 0 bridgehead atoms. The van der Waals surface area contributed by atoms with E-state index in [4.69, 9.17) is 4.52 Å². The summed E-state index contributed by atoms with van der Waals surface area (Å²) >= 11 is 0. The van der Waals surface area contributed by atoms with E-state index in [1.165, 1.54) is 34.6 Å². The van der Waals surface area contributed by atoms with Crippen LogP contribution in [0.25, 0.3) is 11.4 Å². The fourth-order valence-corrected chi connectivity index (χ4v) is 4.87. The molecule has 2 aromatic carbocycles. The highest BCUT2D eigenvalue weighted by Gasteiger charge is 2.32. The number of alkyl halides is 3. The van der Waals surface area contributed by atoms with Gasteiger partial charge < -0.3 is 4.52 Å². The number of aromatic nitrogens is 2. The topological polar surface area (TPSA) is 79.5 Å². The lowest BCUT2D eigenvalue weighted by Gasteiger charge is -2.33.